The summed E-state index contributed by atoms with van der Waals surface area (Å²) in [6.45, 7) is 9.03. The monoisotopic (exact) mass is 357 g/mol. The van der Waals surface area contributed by atoms with Crippen molar-refractivity contribution in [1.82, 2.24) is 15.1 Å². The third-order valence-corrected chi connectivity index (χ3v) is 4.61. The second kappa shape index (κ2) is 9.51. The van der Waals surface area contributed by atoms with E-state index >= 15 is 0 Å². The number of carbonyl (C=O) groups excluding carboxylic acids is 1. The average molecular weight is 357 g/mol. The summed E-state index contributed by atoms with van der Waals surface area (Å²) in [5.41, 5.74) is 0.217. The molecule has 1 atom stereocenters. The number of hydrogen-bond acceptors (Lipinski definition) is 3. The molecule has 2 aromatic rings. The Hall–Kier alpha value is -2.17. The minimum absolute atomic E-state index is 0.0749. The molecule has 0 fully saturated rings. The molecule has 2 rings (SSSR count). The van der Waals surface area contributed by atoms with Crippen LogP contribution < -0.4 is 10.9 Å². The normalized spacial score (nSPS) is 12.5. The van der Waals surface area contributed by atoms with Crippen molar-refractivity contribution in [1.29, 1.82) is 0 Å². The molecule has 0 aliphatic rings. The fourth-order valence-corrected chi connectivity index (χ4v) is 3.01. The van der Waals surface area contributed by atoms with Gasteiger partial charge < -0.3 is 5.32 Å². The van der Waals surface area contributed by atoms with Gasteiger partial charge in [0, 0.05) is 18.0 Å². The molecule has 1 aromatic carbocycles. The lowest BCUT2D eigenvalue weighted by Gasteiger charge is -2.16. The highest BCUT2D eigenvalue weighted by molar-refractivity contribution is 6.04. The van der Waals surface area contributed by atoms with E-state index in [1.165, 1.54) is 4.68 Å². The Morgan fingerprint density at radius 1 is 1.12 bits per heavy atom. The van der Waals surface area contributed by atoms with Crippen LogP contribution in [0.3, 0.4) is 0 Å². The predicted molar refractivity (Wildman–Crippen MR) is 107 cm³/mol. The van der Waals surface area contributed by atoms with Gasteiger partial charge in [-0.3, -0.25) is 9.59 Å². The zero-order valence-corrected chi connectivity index (χ0v) is 16.4. The maximum atomic E-state index is 12.8. The molecule has 1 heterocycles. The van der Waals surface area contributed by atoms with E-state index < -0.39 is 0 Å². The summed E-state index contributed by atoms with van der Waals surface area (Å²) < 4.78 is 1.45. The lowest BCUT2D eigenvalue weighted by atomic mass is 10.0. The second-order valence-electron chi connectivity index (χ2n) is 7.48. The van der Waals surface area contributed by atoms with Crippen LogP contribution in [0.2, 0.25) is 0 Å². The number of aryl methyl sites for hydroxylation is 1. The molecule has 1 unspecified atom stereocenters. The van der Waals surface area contributed by atoms with Gasteiger partial charge in [-0.05, 0) is 38.2 Å². The van der Waals surface area contributed by atoms with Crippen LogP contribution in [0.15, 0.2) is 29.1 Å². The summed E-state index contributed by atoms with van der Waals surface area (Å²) in [5, 5.41) is 8.63. The molecule has 1 N–H and O–H groups in total. The largest absolute Gasteiger partial charge is 0.348 e. The van der Waals surface area contributed by atoms with Crippen LogP contribution in [0.25, 0.3) is 10.8 Å². The van der Waals surface area contributed by atoms with Gasteiger partial charge in [0.15, 0.2) is 5.69 Å². The number of carbonyl (C=O) groups is 1. The van der Waals surface area contributed by atoms with E-state index in [9.17, 15) is 9.59 Å². The molecule has 26 heavy (non-hydrogen) atoms. The summed E-state index contributed by atoms with van der Waals surface area (Å²) in [6.07, 6.45) is 4.98. The van der Waals surface area contributed by atoms with Crippen molar-refractivity contribution in [3.05, 3.63) is 40.3 Å². The third-order valence-electron chi connectivity index (χ3n) is 4.61. The van der Waals surface area contributed by atoms with Gasteiger partial charge in [0.25, 0.3) is 11.5 Å². The van der Waals surface area contributed by atoms with Crippen molar-refractivity contribution < 1.29 is 4.79 Å². The predicted octanol–water partition coefficient (Wildman–Crippen LogP) is 4.14. The quantitative estimate of drug-likeness (QED) is 0.686. The standard InChI is InChI=1S/C21H31N3O2/c1-5-6-9-14-24-21(26)18-11-8-7-10-17(18)19(23-24)20(25)22-16(4)13-12-15(2)3/h7-8,10-11,15-16H,5-6,9,12-14H2,1-4H3,(H,22,25). The number of unbranched alkanes of at least 4 members (excludes halogenated alkanes) is 2. The van der Waals surface area contributed by atoms with Gasteiger partial charge in [-0.1, -0.05) is 51.8 Å². The van der Waals surface area contributed by atoms with E-state index in [2.05, 4.69) is 31.2 Å². The number of rotatable bonds is 9. The molecular formula is C21H31N3O2. The molecule has 0 spiro atoms. The van der Waals surface area contributed by atoms with Gasteiger partial charge in [-0.25, -0.2) is 4.68 Å². The molecule has 0 bridgehead atoms. The Labute approximate surface area is 155 Å². The molecule has 1 aromatic heterocycles. The number of amides is 1. The third kappa shape index (κ3) is 5.16. The lowest BCUT2D eigenvalue weighted by Crippen LogP contribution is -2.35. The Bertz CT molecular complexity index is 795. The first-order chi connectivity index (χ1) is 12.4. The van der Waals surface area contributed by atoms with Crippen molar-refractivity contribution in [2.45, 2.75) is 72.4 Å². The molecular weight excluding hydrogens is 326 g/mol. The molecule has 5 heteroatoms. The highest BCUT2D eigenvalue weighted by atomic mass is 16.2. The van der Waals surface area contributed by atoms with E-state index in [-0.39, 0.29) is 17.5 Å². The number of nitrogens with one attached hydrogen (secondary N) is 1. The fraction of sp³-hybridized carbons (Fsp3) is 0.571. The molecule has 0 aliphatic heterocycles. The Morgan fingerprint density at radius 2 is 1.81 bits per heavy atom. The molecule has 1 amide bonds. The molecule has 0 saturated heterocycles. The van der Waals surface area contributed by atoms with Gasteiger partial charge in [-0.15, -0.1) is 0 Å². The number of aromatic nitrogens is 2. The van der Waals surface area contributed by atoms with E-state index in [0.717, 1.165) is 32.1 Å². The minimum Gasteiger partial charge on any atom is -0.348 e. The van der Waals surface area contributed by atoms with Crippen LogP contribution in [-0.4, -0.2) is 21.7 Å². The van der Waals surface area contributed by atoms with Gasteiger partial charge in [0.2, 0.25) is 0 Å². The maximum absolute atomic E-state index is 12.8. The Kier molecular flexibility index (Phi) is 7.37. The summed E-state index contributed by atoms with van der Waals surface area (Å²) in [5.74, 6) is 0.399. The summed E-state index contributed by atoms with van der Waals surface area (Å²) in [7, 11) is 0. The van der Waals surface area contributed by atoms with Crippen LogP contribution in [0.5, 0.6) is 0 Å². The maximum Gasteiger partial charge on any atom is 0.274 e. The van der Waals surface area contributed by atoms with Crippen molar-refractivity contribution >= 4 is 16.7 Å². The van der Waals surface area contributed by atoms with Gasteiger partial charge >= 0.3 is 0 Å². The fourth-order valence-electron chi connectivity index (χ4n) is 3.01. The first kappa shape index (κ1) is 20.1. The Balaban J connectivity index is 2.31. The highest BCUT2D eigenvalue weighted by Gasteiger charge is 2.18. The lowest BCUT2D eigenvalue weighted by molar-refractivity contribution is 0.0931. The van der Waals surface area contributed by atoms with Gasteiger partial charge in [0.1, 0.15) is 0 Å². The Morgan fingerprint density at radius 3 is 2.46 bits per heavy atom. The van der Waals surface area contributed by atoms with Crippen LogP contribution in [0.1, 0.15) is 70.3 Å². The van der Waals surface area contributed by atoms with Crippen LogP contribution in [-0.2, 0) is 6.54 Å². The first-order valence-corrected chi connectivity index (χ1v) is 9.74. The first-order valence-electron chi connectivity index (χ1n) is 9.74. The number of fused-ring (bicyclic) bond motifs is 1. The molecule has 142 valence electrons. The number of hydrogen-bond donors (Lipinski definition) is 1. The molecule has 5 nitrogen and oxygen atoms in total. The SMILES string of the molecule is CCCCCn1nc(C(=O)NC(C)CCC(C)C)c2ccccc2c1=O. The smallest absolute Gasteiger partial charge is 0.274 e. The highest BCUT2D eigenvalue weighted by Crippen LogP contribution is 2.14. The summed E-state index contributed by atoms with van der Waals surface area (Å²) in [4.78, 5) is 25.5. The summed E-state index contributed by atoms with van der Waals surface area (Å²) >= 11 is 0. The van der Waals surface area contributed by atoms with E-state index in [1.54, 1.807) is 12.1 Å². The van der Waals surface area contributed by atoms with Crippen molar-refractivity contribution in [2.75, 3.05) is 0 Å². The van der Waals surface area contributed by atoms with Gasteiger partial charge in [-0.2, -0.15) is 5.10 Å². The van der Waals surface area contributed by atoms with Crippen LogP contribution >= 0.6 is 0 Å². The zero-order chi connectivity index (χ0) is 19.1. The molecule has 0 radical (unpaired) electrons. The van der Waals surface area contributed by atoms with Crippen molar-refractivity contribution in [3.63, 3.8) is 0 Å². The summed E-state index contributed by atoms with van der Waals surface area (Å²) in [6, 6.07) is 7.31. The van der Waals surface area contributed by atoms with E-state index in [0.29, 0.717) is 28.9 Å². The minimum atomic E-state index is -0.207. The second-order valence-corrected chi connectivity index (χ2v) is 7.48. The van der Waals surface area contributed by atoms with Crippen molar-refractivity contribution in [3.8, 4) is 0 Å². The molecule has 0 saturated carbocycles. The van der Waals surface area contributed by atoms with E-state index in [4.69, 9.17) is 0 Å². The van der Waals surface area contributed by atoms with E-state index in [1.807, 2.05) is 19.1 Å². The van der Waals surface area contributed by atoms with Gasteiger partial charge in [0.05, 0.1) is 5.39 Å². The van der Waals surface area contributed by atoms with Crippen molar-refractivity contribution in [2.24, 2.45) is 5.92 Å². The molecule has 0 aliphatic carbocycles. The topological polar surface area (TPSA) is 64.0 Å². The average Bonchev–Trinajstić information content (AvgIpc) is 2.62. The number of nitrogens with zero attached hydrogens (tertiary/aromatic N) is 2. The number of benzene rings is 1. The zero-order valence-electron chi connectivity index (χ0n) is 16.4. The van der Waals surface area contributed by atoms with Crippen LogP contribution in [0, 0.1) is 5.92 Å². The van der Waals surface area contributed by atoms with Crippen LogP contribution in [0.4, 0.5) is 0 Å².